The number of nitrogens with one attached hydrogen (secondary N) is 2. The van der Waals surface area contributed by atoms with Crippen molar-refractivity contribution in [2.75, 3.05) is 6.54 Å². The number of imidazole rings is 1. The minimum atomic E-state index is -0.338. The zero-order valence-electron chi connectivity index (χ0n) is 16.1. The van der Waals surface area contributed by atoms with Crippen molar-refractivity contribution in [3.8, 4) is 17.6 Å². The molecule has 1 aliphatic rings. The summed E-state index contributed by atoms with van der Waals surface area (Å²) in [5.41, 5.74) is 3.27. The molecule has 0 bridgehead atoms. The molecule has 0 saturated carbocycles. The Bertz CT molecular complexity index is 1220. The summed E-state index contributed by atoms with van der Waals surface area (Å²) in [5, 5.41) is 14.4. The van der Waals surface area contributed by atoms with Crippen LogP contribution in [0.2, 0.25) is 0 Å². The van der Waals surface area contributed by atoms with Gasteiger partial charge in [-0.05, 0) is 49.2 Å². The van der Waals surface area contributed by atoms with E-state index in [1.54, 1.807) is 0 Å². The van der Waals surface area contributed by atoms with Gasteiger partial charge in [0.2, 0.25) is 0 Å². The smallest absolute Gasteiger partial charge is 0.151 e. The minimum Gasteiger partial charge on any atom is -0.454 e. The summed E-state index contributed by atoms with van der Waals surface area (Å²) < 4.78 is 8.31. The molecule has 0 spiro atoms. The molecule has 6 heteroatoms. The molecule has 1 unspecified atom stereocenters. The molecule has 1 atom stereocenters. The maximum Gasteiger partial charge on any atom is 0.151 e. The van der Waals surface area contributed by atoms with Gasteiger partial charge in [0, 0.05) is 18.6 Å². The van der Waals surface area contributed by atoms with Gasteiger partial charge in [-0.25, -0.2) is 4.98 Å². The molecule has 1 saturated heterocycles. The first-order valence-corrected chi connectivity index (χ1v) is 9.72. The van der Waals surface area contributed by atoms with Crippen LogP contribution in [0.15, 0.2) is 61.2 Å². The average molecular weight is 383 g/mol. The largest absolute Gasteiger partial charge is 0.454 e. The van der Waals surface area contributed by atoms with Crippen LogP contribution >= 0.6 is 0 Å². The number of nitriles is 1. The molecular weight excluding hydrogens is 362 g/mol. The van der Waals surface area contributed by atoms with Crippen molar-refractivity contribution in [2.24, 2.45) is 7.05 Å². The van der Waals surface area contributed by atoms with Gasteiger partial charge in [0.1, 0.15) is 11.8 Å². The Morgan fingerprint density at radius 3 is 2.90 bits per heavy atom. The highest BCUT2D eigenvalue weighted by Crippen LogP contribution is 2.40. The van der Waals surface area contributed by atoms with Crippen molar-refractivity contribution in [3.05, 3.63) is 78.0 Å². The van der Waals surface area contributed by atoms with Crippen LogP contribution < -0.4 is 10.1 Å². The van der Waals surface area contributed by atoms with Crippen LogP contribution in [-0.2, 0) is 12.6 Å². The van der Waals surface area contributed by atoms with Gasteiger partial charge in [0.15, 0.2) is 5.75 Å². The number of hydrogen-bond donors (Lipinski definition) is 2. The summed E-state index contributed by atoms with van der Waals surface area (Å²) in [6.45, 7) is 0.934. The molecule has 2 N–H and O–H groups in total. The van der Waals surface area contributed by atoms with E-state index in [-0.39, 0.29) is 5.54 Å². The number of para-hydroxylation sites is 1. The maximum absolute atomic E-state index is 9.65. The Balaban J connectivity index is 1.62. The van der Waals surface area contributed by atoms with E-state index in [9.17, 15) is 5.26 Å². The summed E-state index contributed by atoms with van der Waals surface area (Å²) in [6, 6.07) is 16.0. The molecule has 0 amide bonds. The molecule has 29 heavy (non-hydrogen) atoms. The zero-order valence-corrected chi connectivity index (χ0v) is 16.1. The number of H-pyrrole nitrogens is 1. The number of hydrogen-bond acceptors (Lipinski definition) is 4. The van der Waals surface area contributed by atoms with Crippen LogP contribution in [0.1, 0.15) is 29.7 Å². The Labute approximate surface area is 168 Å². The number of ether oxygens (including phenoxy) is 1. The van der Waals surface area contributed by atoms with E-state index in [0.29, 0.717) is 17.1 Å². The SMILES string of the molecule is Cn1cncc1C1(c2ccc(C#N)c(Oc3cccc4cc[nH]c34)c2)CCCN1. The minimum absolute atomic E-state index is 0.338. The molecule has 2 aromatic heterocycles. The monoisotopic (exact) mass is 383 g/mol. The number of benzene rings is 2. The van der Waals surface area contributed by atoms with Crippen molar-refractivity contribution in [1.29, 1.82) is 5.26 Å². The average Bonchev–Trinajstić information content (AvgIpc) is 3.49. The van der Waals surface area contributed by atoms with E-state index in [4.69, 9.17) is 4.74 Å². The number of rotatable bonds is 4. The fourth-order valence-corrected chi connectivity index (χ4v) is 4.35. The Morgan fingerprint density at radius 2 is 2.14 bits per heavy atom. The topological polar surface area (TPSA) is 78.7 Å². The van der Waals surface area contributed by atoms with Gasteiger partial charge in [0.25, 0.3) is 0 Å². The standard InChI is InChI=1S/C23H21N5O/c1-28-15-25-14-21(28)23(9-3-10-27-23)18-7-6-17(13-24)20(12-18)29-19-5-2-4-16-8-11-26-22(16)19/h2,4-8,11-12,14-15,26-27H,3,9-10H2,1H3. The van der Waals surface area contributed by atoms with Crippen molar-refractivity contribution in [1.82, 2.24) is 19.9 Å². The lowest BCUT2D eigenvalue weighted by atomic mass is 9.84. The molecule has 1 aliphatic heterocycles. The fraction of sp³-hybridized carbons (Fsp3) is 0.217. The van der Waals surface area contributed by atoms with Crippen molar-refractivity contribution >= 4 is 10.9 Å². The molecule has 0 radical (unpaired) electrons. The van der Waals surface area contributed by atoms with Crippen LogP contribution in [0.5, 0.6) is 11.5 Å². The van der Waals surface area contributed by atoms with Gasteiger partial charge in [-0.2, -0.15) is 5.26 Å². The maximum atomic E-state index is 9.65. The summed E-state index contributed by atoms with van der Waals surface area (Å²) in [6.07, 6.45) is 7.66. The molecule has 3 heterocycles. The lowest BCUT2D eigenvalue weighted by Gasteiger charge is -2.31. The van der Waals surface area contributed by atoms with Crippen LogP contribution in [0.25, 0.3) is 10.9 Å². The first-order valence-electron chi connectivity index (χ1n) is 9.72. The Kier molecular flexibility index (Phi) is 4.11. The van der Waals surface area contributed by atoms with Crippen LogP contribution in [0, 0.1) is 11.3 Å². The summed E-state index contributed by atoms with van der Waals surface area (Å²) in [7, 11) is 2.01. The van der Waals surface area contributed by atoms with E-state index < -0.39 is 0 Å². The predicted molar refractivity (Wildman–Crippen MR) is 111 cm³/mol. The van der Waals surface area contributed by atoms with E-state index in [1.165, 1.54) is 0 Å². The van der Waals surface area contributed by atoms with Gasteiger partial charge in [-0.3, -0.25) is 0 Å². The fourth-order valence-electron chi connectivity index (χ4n) is 4.35. The zero-order chi connectivity index (χ0) is 19.8. The highest BCUT2D eigenvalue weighted by molar-refractivity contribution is 5.85. The third-order valence-corrected chi connectivity index (χ3v) is 5.77. The van der Waals surface area contributed by atoms with Gasteiger partial charge in [0.05, 0.1) is 34.8 Å². The van der Waals surface area contributed by atoms with Crippen molar-refractivity contribution in [2.45, 2.75) is 18.4 Å². The second-order valence-corrected chi connectivity index (χ2v) is 7.45. The normalized spacial score (nSPS) is 18.8. The van der Waals surface area contributed by atoms with Gasteiger partial charge < -0.3 is 19.6 Å². The molecule has 4 aromatic rings. The number of fused-ring (bicyclic) bond motifs is 1. The van der Waals surface area contributed by atoms with Crippen LogP contribution in [-0.4, -0.2) is 21.1 Å². The van der Waals surface area contributed by atoms with E-state index in [1.807, 2.05) is 68.2 Å². The molecule has 2 aromatic carbocycles. The highest BCUT2D eigenvalue weighted by Gasteiger charge is 2.39. The first kappa shape index (κ1) is 17.5. The second kappa shape index (κ2) is 6.80. The number of aromatic amines is 1. The van der Waals surface area contributed by atoms with Crippen LogP contribution in [0.4, 0.5) is 0 Å². The first-order chi connectivity index (χ1) is 14.2. The predicted octanol–water partition coefficient (Wildman–Crippen LogP) is 4.19. The quantitative estimate of drug-likeness (QED) is 0.554. The Morgan fingerprint density at radius 1 is 1.21 bits per heavy atom. The molecular formula is C23H21N5O. The molecule has 6 nitrogen and oxygen atoms in total. The molecule has 0 aliphatic carbocycles. The van der Waals surface area contributed by atoms with E-state index >= 15 is 0 Å². The molecule has 144 valence electrons. The van der Waals surface area contributed by atoms with E-state index in [2.05, 4.69) is 25.9 Å². The third-order valence-electron chi connectivity index (χ3n) is 5.77. The number of aryl methyl sites for hydroxylation is 1. The summed E-state index contributed by atoms with van der Waals surface area (Å²) >= 11 is 0. The molecule has 1 fully saturated rings. The molecule has 5 rings (SSSR count). The second-order valence-electron chi connectivity index (χ2n) is 7.45. The van der Waals surface area contributed by atoms with Gasteiger partial charge >= 0.3 is 0 Å². The lowest BCUT2D eigenvalue weighted by molar-refractivity contribution is 0.439. The highest BCUT2D eigenvalue weighted by atomic mass is 16.5. The summed E-state index contributed by atoms with van der Waals surface area (Å²) in [5.74, 6) is 1.26. The van der Waals surface area contributed by atoms with Gasteiger partial charge in [-0.15, -0.1) is 0 Å². The van der Waals surface area contributed by atoms with E-state index in [0.717, 1.165) is 41.5 Å². The third kappa shape index (κ3) is 2.79. The lowest BCUT2D eigenvalue weighted by Crippen LogP contribution is -2.39. The van der Waals surface area contributed by atoms with Gasteiger partial charge in [-0.1, -0.05) is 18.2 Å². The summed E-state index contributed by atoms with van der Waals surface area (Å²) in [4.78, 5) is 7.55. The number of aromatic nitrogens is 3. The van der Waals surface area contributed by atoms with Crippen molar-refractivity contribution < 1.29 is 4.74 Å². The van der Waals surface area contributed by atoms with Crippen molar-refractivity contribution in [3.63, 3.8) is 0 Å². The van der Waals surface area contributed by atoms with Crippen LogP contribution in [0.3, 0.4) is 0 Å². The Hall–Kier alpha value is -3.56. The number of nitrogens with zero attached hydrogens (tertiary/aromatic N) is 3.